The third-order valence-electron chi connectivity index (χ3n) is 2.78. The van der Waals surface area contributed by atoms with Gasteiger partial charge < -0.3 is 16.8 Å². The molecule has 1 aliphatic rings. The van der Waals surface area contributed by atoms with Gasteiger partial charge in [0.1, 0.15) is 0 Å². The summed E-state index contributed by atoms with van der Waals surface area (Å²) in [6, 6.07) is -0.811. The van der Waals surface area contributed by atoms with Gasteiger partial charge in [0.2, 0.25) is 11.8 Å². The number of rotatable bonds is 6. The molecule has 0 heterocycles. The van der Waals surface area contributed by atoms with Gasteiger partial charge in [0, 0.05) is 6.54 Å². The first-order valence-corrected chi connectivity index (χ1v) is 5.32. The molecule has 5 N–H and O–H groups in total. The van der Waals surface area contributed by atoms with Crippen molar-refractivity contribution in [1.82, 2.24) is 5.32 Å². The zero-order valence-corrected chi connectivity index (χ0v) is 9.03. The molecule has 0 saturated heterocycles. The summed E-state index contributed by atoms with van der Waals surface area (Å²) in [4.78, 5) is 21.9. The SMILES string of the molecule is CC(CNC(=O)C(N)CC(N)=O)C1CC1. The van der Waals surface area contributed by atoms with Gasteiger partial charge in [-0.25, -0.2) is 0 Å². The maximum absolute atomic E-state index is 11.4. The predicted molar refractivity (Wildman–Crippen MR) is 56.7 cm³/mol. The second kappa shape index (κ2) is 5.11. The molecule has 1 fully saturated rings. The molecule has 0 aliphatic heterocycles. The van der Waals surface area contributed by atoms with Crippen LogP contribution in [0.3, 0.4) is 0 Å². The highest BCUT2D eigenvalue weighted by atomic mass is 16.2. The van der Waals surface area contributed by atoms with Crippen LogP contribution in [0.2, 0.25) is 0 Å². The van der Waals surface area contributed by atoms with E-state index in [9.17, 15) is 9.59 Å². The summed E-state index contributed by atoms with van der Waals surface area (Å²) in [5.74, 6) is 0.404. The molecule has 1 aliphatic carbocycles. The number of hydrogen-bond acceptors (Lipinski definition) is 3. The van der Waals surface area contributed by atoms with Gasteiger partial charge in [0.05, 0.1) is 12.5 Å². The molecule has 1 rings (SSSR count). The standard InChI is InChI=1S/C10H19N3O2/c1-6(7-2-3-7)5-13-10(15)8(11)4-9(12)14/h6-8H,2-5,11H2,1H3,(H2,12,14)(H,13,15). The van der Waals surface area contributed by atoms with Gasteiger partial charge in [-0.3, -0.25) is 9.59 Å². The molecule has 1 saturated carbocycles. The number of amides is 2. The van der Waals surface area contributed by atoms with Gasteiger partial charge in [-0.2, -0.15) is 0 Å². The summed E-state index contributed by atoms with van der Waals surface area (Å²) < 4.78 is 0. The summed E-state index contributed by atoms with van der Waals surface area (Å²) in [7, 11) is 0. The summed E-state index contributed by atoms with van der Waals surface area (Å²) in [5, 5.41) is 2.74. The topological polar surface area (TPSA) is 98.2 Å². The van der Waals surface area contributed by atoms with Crippen LogP contribution in [0.15, 0.2) is 0 Å². The molecule has 5 nitrogen and oxygen atoms in total. The van der Waals surface area contributed by atoms with E-state index in [1.54, 1.807) is 0 Å². The fraction of sp³-hybridized carbons (Fsp3) is 0.800. The van der Waals surface area contributed by atoms with Gasteiger partial charge in [0.25, 0.3) is 0 Å². The van der Waals surface area contributed by atoms with E-state index < -0.39 is 11.9 Å². The van der Waals surface area contributed by atoms with E-state index in [2.05, 4.69) is 12.2 Å². The maximum atomic E-state index is 11.4. The number of carbonyl (C=O) groups is 2. The van der Waals surface area contributed by atoms with E-state index in [1.165, 1.54) is 12.8 Å². The molecule has 0 aromatic heterocycles. The highest BCUT2D eigenvalue weighted by Crippen LogP contribution is 2.35. The summed E-state index contributed by atoms with van der Waals surface area (Å²) in [6.07, 6.45) is 2.42. The van der Waals surface area contributed by atoms with Crippen LogP contribution in [0.5, 0.6) is 0 Å². The Morgan fingerprint density at radius 3 is 2.53 bits per heavy atom. The number of primary amides is 1. The van der Waals surface area contributed by atoms with Crippen molar-refractivity contribution in [2.75, 3.05) is 6.54 Å². The van der Waals surface area contributed by atoms with Crippen LogP contribution in [0.4, 0.5) is 0 Å². The lowest BCUT2D eigenvalue weighted by molar-refractivity contribution is -0.126. The largest absolute Gasteiger partial charge is 0.370 e. The first-order chi connectivity index (χ1) is 7.00. The molecule has 0 radical (unpaired) electrons. The molecule has 2 amide bonds. The lowest BCUT2D eigenvalue weighted by atomic mass is 10.1. The molecule has 0 aromatic carbocycles. The summed E-state index contributed by atoms with van der Waals surface area (Å²) in [6.45, 7) is 2.74. The first-order valence-electron chi connectivity index (χ1n) is 5.32. The average Bonchev–Trinajstić information content (AvgIpc) is 2.95. The van der Waals surface area contributed by atoms with Gasteiger partial charge in [-0.15, -0.1) is 0 Å². The minimum Gasteiger partial charge on any atom is -0.370 e. The van der Waals surface area contributed by atoms with E-state index in [0.717, 1.165) is 5.92 Å². The molecule has 5 heteroatoms. The number of carbonyl (C=O) groups excluding carboxylic acids is 2. The maximum Gasteiger partial charge on any atom is 0.237 e. The van der Waals surface area contributed by atoms with Crippen molar-refractivity contribution in [2.45, 2.75) is 32.2 Å². The van der Waals surface area contributed by atoms with Gasteiger partial charge in [-0.1, -0.05) is 6.92 Å². The molecule has 2 unspecified atom stereocenters. The van der Waals surface area contributed by atoms with Gasteiger partial charge in [0.15, 0.2) is 0 Å². The third kappa shape index (κ3) is 4.29. The number of nitrogens with one attached hydrogen (secondary N) is 1. The van der Waals surface area contributed by atoms with Crippen molar-refractivity contribution >= 4 is 11.8 Å². The minimum absolute atomic E-state index is 0.0936. The molecule has 86 valence electrons. The van der Waals surface area contributed by atoms with Crippen LogP contribution in [0.25, 0.3) is 0 Å². The molecular formula is C10H19N3O2. The van der Waals surface area contributed by atoms with Crippen molar-refractivity contribution in [1.29, 1.82) is 0 Å². The van der Waals surface area contributed by atoms with E-state index in [-0.39, 0.29) is 12.3 Å². The number of nitrogens with two attached hydrogens (primary N) is 2. The Morgan fingerprint density at radius 1 is 1.47 bits per heavy atom. The van der Waals surface area contributed by atoms with Crippen molar-refractivity contribution in [3.8, 4) is 0 Å². The summed E-state index contributed by atoms with van der Waals surface area (Å²) >= 11 is 0. The molecule has 15 heavy (non-hydrogen) atoms. The van der Waals surface area contributed by atoms with Crippen LogP contribution < -0.4 is 16.8 Å². The second-order valence-electron chi connectivity index (χ2n) is 4.34. The van der Waals surface area contributed by atoms with Crippen molar-refractivity contribution < 1.29 is 9.59 Å². The smallest absolute Gasteiger partial charge is 0.237 e. The zero-order chi connectivity index (χ0) is 11.4. The molecule has 0 spiro atoms. The first kappa shape index (κ1) is 12.0. The minimum atomic E-state index is -0.811. The normalized spacial score (nSPS) is 19.3. The van der Waals surface area contributed by atoms with Crippen LogP contribution in [-0.2, 0) is 9.59 Å². The van der Waals surface area contributed by atoms with E-state index in [4.69, 9.17) is 11.5 Å². The van der Waals surface area contributed by atoms with Crippen LogP contribution >= 0.6 is 0 Å². The van der Waals surface area contributed by atoms with Crippen LogP contribution in [-0.4, -0.2) is 24.4 Å². The van der Waals surface area contributed by atoms with Crippen molar-refractivity contribution in [3.05, 3.63) is 0 Å². The van der Waals surface area contributed by atoms with Crippen molar-refractivity contribution in [3.63, 3.8) is 0 Å². The Hall–Kier alpha value is -1.10. The zero-order valence-electron chi connectivity index (χ0n) is 9.03. The van der Waals surface area contributed by atoms with E-state index in [1.807, 2.05) is 0 Å². The quantitative estimate of drug-likeness (QED) is 0.547. The average molecular weight is 213 g/mol. The fourth-order valence-electron chi connectivity index (χ4n) is 1.53. The highest BCUT2D eigenvalue weighted by molar-refractivity contribution is 5.87. The Bertz CT molecular complexity index is 251. The van der Waals surface area contributed by atoms with E-state index in [0.29, 0.717) is 12.5 Å². The van der Waals surface area contributed by atoms with Gasteiger partial charge >= 0.3 is 0 Å². The van der Waals surface area contributed by atoms with Gasteiger partial charge in [-0.05, 0) is 24.7 Å². The Morgan fingerprint density at radius 2 is 2.07 bits per heavy atom. The lowest BCUT2D eigenvalue weighted by Crippen LogP contribution is -2.44. The monoisotopic (exact) mass is 213 g/mol. The Balaban J connectivity index is 2.19. The number of hydrogen-bond donors (Lipinski definition) is 3. The van der Waals surface area contributed by atoms with Crippen LogP contribution in [0.1, 0.15) is 26.2 Å². The van der Waals surface area contributed by atoms with E-state index >= 15 is 0 Å². The summed E-state index contributed by atoms with van der Waals surface area (Å²) in [5.41, 5.74) is 10.4. The fourth-order valence-corrected chi connectivity index (χ4v) is 1.53. The third-order valence-corrected chi connectivity index (χ3v) is 2.78. The molecule has 0 aromatic rings. The highest BCUT2D eigenvalue weighted by Gasteiger charge is 2.28. The van der Waals surface area contributed by atoms with Crippen LogP contribution in [0, 0.1) is 11.8 Å². The predicted octanol–water partition coefficient (Wildman–Crippen LogP) is -0.649. The molecular weight excluding hydrogens is 194 g/mol. The molecule has 2 atom stereocenters. The van der Waals surface area contributed by atoms with Crippen molar-refractivity contribution in [2.24, 2.45) is 23.3 Å². The molecule has 0 bridgehead atoms. The Kier molecular flexibility index (Phi) is 4.08. The second-order valence-corrected chi connectivity index (χ2v) is 4.34. The lowest BCUT2D eigenvalue weighted by Gasteiger charge is -2.14. The Labute approximate surface area is 89.6 Å².